The van der Waals surface area contributed by atoms with Gasteiger partial charge in [-0.1, -0.05) is 6.08 Å². The summed E-state index contributed by atoms with van der Waals surface area (Å²) in [7, 11) is 0. The number of amides is 2. The van der Waals surface area contributed by atoms with Gasteiger partial charge in [-0.3, -0.25) is 0 Å². The van der Waals surface area contributed by atoms with Gasteiger partial charge < -0.3 is 15.5 Å². The molecule has 0 unspecified atom stereocenters. The third kappa shape index (κ3) is 4.52. The lowest BCUT2D eigenvalue weighted by atomic mass is 10.1. The van der Waals surface area contributed by atoms with Crippen LogP contribution in [0.2, 0.25) is 0 Å². The van der Waals surface area contributed by atoms with Crippen LogP contribution in [-0.2, 0) is 0 Å². The average molecular weight is 287 g/mol. The van der Waals surface area contributed by atoms with Crippen LogP contribution in [0.4, 0.5) is 16.2 Å². The van der Waals surface area contributed by atoms with E-state index in [1.807, 2.05) is 13.0 Å². The van der Waals surface area contributed by atoms with Crippen LogP contribution >= 0.6 is 0 Å². The van der Waals surface area contributed by atoms with Gasteiger partial charge in [-0.2, -0.15) is 0 Å². The molecule has 0 bridgehead atoms. The van der Waals surface area contributed by atoms with Crippen molar-refractivity contribution < 1.29 is 4.79 Å². The van der Waals surface area contributed by atoms with Crippen LogP contribution in [-0.4, -0.2) is 19.1 Å². The third-order valence-corrected chi connectivity index (χ3v) is 3.79. The standard InChI is InChI=1S/C17H25N3O/c1-4-20(5-2)15-8-9-16(13(3)12-15)19-17(21)18-11-10-14-6-7-14/h8-12,14H,4-7H2,1-3H3,(H2,18,19,21)/b11-10+. The van der Waals surface area contributed by atoms with Gasteiger partial charge in [0.1, 0.15) is 0 Å². The van der Waals surface area contributed by atoms with E-state index in [1.54, 1.807) is 6.20 Å². The first kappa shape index (κ1) is 15.4. The van der Waals surface area contributed by atoms with Gasteiger partial charge in [0.05, 0.1) is 0 Å². The molecule has 4 heteroatoms. The molecule has 1 fully saturated rings. The summed E-state index contributed by atoms with van der Waals surface area (Å²) in [5.74, 6) is 0.667. The van der Waals surface area contributed by atoms with Gasteiger partial charge in [0, 0.05) is 30.7 Å². The maximum atomic E-state index is 11.8. The van der Waals surface area contributed by atoms with Crippen LogP contribution in [0.15, 0.2) is 30.5 Å². The highest BCUT2D eigenvalue weighted by Gasteiger charge is 2.17. The minimum atomic E-state index is -0.189. The quantitative estimate of drug-likeness (QED) is 0.833. The van der Waals surface area contributed by atoms with E-state index < -0.39 is 0 Å². The molecule has 1 saturated carbocycles. The average Bonchev–Trinajstić information content (AvgIpc) is 3.27. The van der Waals surface area contributed by atoms with Gasteiger partial charge in [0.2, 0.25) is 0 Å². The largest absolute Gasteiger partial charge is 0.372 e. The zero-order chi connectivity index (χ0) is 15.2. The van der Waals surface area contributed by atoms with Crippen LogP contribution in [0.25, 0.3) is 0 Å². The molecule has 0 aromatic heterocycles. The van der Waals surface area contributed by atoms with E-state index in [2.05, 4.69) is 47.6 Å². The zero-order valence-corrected chi connectivity index (χ0v) is 13.1. The molecule has 21 heavy (non-hydrogen) atoms. The van der Waals surface area contributed by atoms with Crippen molar-refractivity contribution in [1.82, 2.24) is 5.32 Å². The van der Waals surface area contributed by atoms with Crippen molar-refractivity contribution in [1.29, 1.82) is 0 Å². The van der Waals surface area contributed by atoms with Crippen molar-refractivity contribution in [2.45, 2.75) is 33.6 Å². The SMILES string of the molecule is CCN(CC)c1ccc(NC(=O)N/C=C/C2CC2)c(C)c1. The first-order valence-corrected chi connectivity index (χ1v) is 7.73. The molecule has 2 rings (SSSR count). The number of allylic oxidation sites excluding steroid dienone is 1. The Labute approximate surface area is 127 Å². The highest BCUT2D eigenvalue weighted by molar-refractivity contribution is 5.91. The maximum absolute atomic E-state index is 11.8. The number of carbonyl (C=O) groups is 1. The highest BCUT2D eigenvalue weighted by atomic mass is 16.2. The first-order valence-electron chi connectivity index (χ1n) is 7.73. The topological polar surface area (TPSA) is 44.4 Å². The van der Waals surface area contributed by atoms with Crippen molar-refractivity contribution in [3.63, 3.8) is 0 Å². The number of hydrogen-bond acceptors (Lipinski definition) is 2. The van der Waals surface area contributed by atoms with Crippen LogP contribution in [0, 0.1) is 12.8 Å². The number of urea groups is 1. The Kier molecular flexibility index (Phi) is 5.26. The normalized spacial score (nSPS) is 14.2. The fourth-order valence-corrected chi connectivity index (χ4v) is 2.28. The smallest absolute Gasteiger partial charge is 0.323 e. The Bertz CT molecular complexity index is 517. The van der Waals surface area contributed by atoms with E-state index >= 15 is 0 Å². The zero-order valence-electron chi connectivity index (χ0n) is 13.1. The second-order valence-electron chi connectivity index (χ2n) is 5.47. The van der Waals surface area contributed by atoms with Gasteiger partial charge in [-0.15, -0.1) is 0 Å². The van der Waals surface area contributed by atoms with Crippen LogP contribution in [0.5, 0.6) is 0 Å². The summed E-state index contributed by atoms with van der Waals surface area (Å²) in [5.41, 5.74) is 3.11. The summed E-state index contributed by atoms with van der Waals surface area (Å²) < 4.78 is 0. The van der Waals surface area contributed by atoms with E-state index in [9.17, 15) is 4.79 Å². The first-order chi connectivity index (χ1) is 10.1. The third-order valence-electron chi connectivity index (χ3n) is 3.79. The molecule has 1 aliphatic carbocycles. The molecular formula is C17H25N3O. The lowest BCUT2D eigenvalue weighted by Gasteiger charge is -2.22. The van der Waals surface area contributed by atoms with Crippen molar-refractivity contribution in [3.8, 4) is 0 Å². The summed E-state index contributed by atoms with van der Waals surface area (Å²) in [4.78, 5) is 14.1. The molecule has 1 aromatic carbocycles. The fraction of sp³-hybridized carbons (Fsp3) is 0.471. The van der Waals surface area contributed by atoms with Crippen molar-refractivity contribution >= 4 is 17.4 Å². The lowest BCUT2D eigenvalue weighted by molar-refractivity contribution is 0.255. The molecule has 2 N–H and O–H groups in total. The molecule has 0 radical (unpaired) electrons. The summed E-state index contributed by atoms with van der Waals surface area (Å²) in [6.45, 7) is 8.27. The number of nitrogens with zero attached hydrogens (tertiary/aromatic N) is 1. The Morgan fingerprint density at radius 3 is 2.62 bits per heavy atom. The second-order valence-corrected chi connectivity index (χ2v) is 5.47. The molecule has 4 nitrogen and oxygen atoms in total. The Morgan fingerprint density at radius 2 is 2.05 bits per heavy atom. The number of rotatable bonds is 6. The number of carbonyl (C=O) groups excluding carboxylic acids is 1. The molecular weight excluding hydrogens is 262 g/mol. The fourth-order valence-electron chi connectivity index (χ4n) is 2.28. The number of anilines is 2. The van der Waals surface area contributed by atoms with Gasteiger partial charge in [0.15, 0.2) is 0 Å². The molecule has 0 aliphatic heterocycles. The summed E-state index contributed by atoms with van der Waals surface area (Å²) in [5, 5.41) is 5.64. The minimum Gasteiger partial charge on any atom is -0.372 e. The predicted molar refractivity (Wildman–Crippen MR) is 88.8 cm³/mol. The number of benzene rings is 1. The summed E-state index contributed by atoms with van der Waals surface area (Å²) >= 11 is 0. The summed E-state index contributed by atoms with van der Waals surface area (Å²) in [6, 6.07) is 5.94. The molecule has 0 atom stereocenters. The van der Waals surface area contributed by atoms with E-state index in [4.69, 9.17) is 0 Å². The monoisotopic (exact) mass is 287 g/mol. The second kappa shape index (κ2) is 7.16. The maximum Gasteiger partial charge on any atom is 0.323 e. The van der Waals surface area contributed by atoms with Gasteiger partial charge in [0.25, 0.3) is 0 Å². The summed E-state index contributed by atoms with van der Waals surface area (Å²) in [6.07, 6.45) is 6.28. The van der Waals surface area contributed by atoms with E-state index in [0.29, 0.717) is 5.92 Å². The van der Waals surface area contributed by atoms with Crippen LogP contribution in [0.3, 0.4) is 0 Å². The van der Waals surface area contributed by atoms with Gasteiger partial charge >= 0.3 is 6.03 Å². The number of hydrogen-bond donors (Lipinski definition) is 2. The molecule has 0 heterocycles. The lowest BCUT2D eigenvalue weighted by Crippen LogP contribution is -2.25. The van der Waals surface area contributed by atoms with Crippen molar-refractivity contribution in [2.24, 2.45) is 5.92 Å². The van der Waals surface area contributed by atoms with Crippen molar-refractivity contribution in [3.05, 3.63) is 36.0 Å². The van der Waals surface area contributed by atoms with E-state index in [0.717, 1.165) is 24.3 Å². The molecule has 0 saturated heterocycles. The predicted octanol–water partition coefficient (Wildman–Crippen LogP) is 3.89. The Balaban J connectivity index is 1.94. The molecule has 1 aliphatic rings. The van der Waals surface area contributed by atoms with Crippen molar-refractivity contribution in [2.75, 3.05) is 23.3 Å². The Hall–Kier alpha value is -1.97. The molecule has 114 valence electrons. The van der Waals surface area contributed by atoms with Crippen LogP contribution < -0.4 is 15.5 Å². The van der Waals surface area contributed by atoms with Gasteiger partial charge in [-0.25, -0.2) is 4.79 Å². The molecule has 1 aromatic rings. The minimum absolute atomic E-state index is 0.189. The number of aryl methyl sites for hydroxylation is 1. The highest BCUT2D eigenvalue weighted by Crippen LogP contribution is 2.29. The van der Waals surface area contributed by atoms with E-state index in [1.165, 1.54) is 18.5 Å². The van der Waals surface area contributed by atoms with Gasteiger partial charge in [-0.05, 0) is 63.3 Å². The Morgan fingerprint density at radius 1 is 1.33 bits per heavy atom. The number of nitrogens with one attached hydrogen (secondary N) is 2. The molecule has 0 spiro atoms. The molecule has 2 amide bonds. The van der Waals surface area contributed by atoms with E-state index in [-0.39, 0.29) is 6.03 Å². The van der Waals surface area contributed by atoms with Crippen LogP contribution in [0.1, 0.15) is 32.3 Å².